The number of nitrogens with zero attached hydrogens (tertiary/aromatic N) is 1. The minimum absolute atomic E-state index is 0.479. The molecule has 24 heavy (non-hydrogen) atoms. The number of aldehydes is 1. The molecule has 0 atom stereocenters. The molecule has 1 aromatic heterocycles. The van der Waals surface area contributed by atoms with E-state index in [0.717, 1.165) is 23.1 Å². The summed E-state index contributed by atoms with van der Waals surface area (Å²) in [6.07, 6.45) is 2.45. The van der Waals surface area contributed by atoms with E-state index in [0.29, 0.717) is 22.8 Å². The van der Waals surface area contributed by atoms with E-state index in [9.17, 15) is 4.79 Å². The predicted molar refractivity (Wildman–Crippen MR) is 95.7 cm³/mol. The van der Waals surface area contributed by atoms with Crippen molar-refractivity contribution in [1.29, 1.82) is 0 Å². The second-order valence-corrected chi connectivity index (χ2v) is 5.19. The van der Waals surface area contributed by atoms with E-state index in [2.05, 4.69) is 10.3 Å². The van der Waals surface area contributed by atoms with Crippen molar-refractivity contribution in [2.45, 2.75) is 0 Å². The van der Waals surface area contributed by atoms with Crippen LogP contribution in [-0.4, -0.2) is 18.4 Å². The van der Waals surface area contributed by atoms with Crippen molar-refractivity contribution >= 4 is 23.5 Å². The number of pyridine rings is 1. The Morgan fingerprint density at radius 2 is 1.79 bits per heavy atom. The van der Waals surface area contributed by atoms with E-state index < -0.39 is 0 Å². The van der Waals surface area contributed by atoms with Crippen LogP contribution in [0.3, 0.4) is 0 Å². The molecule has 3 rings (SSSR count). The number of benzene rings is 2. The zero-order chi connectivity index (χ0) is 16.9. The average molecular weight is 319 g/mol. The van der Waals surface area contributed by atoms with Crippen LogP contribution in [0.15, 0.2) is 60.8 Å². The van der Waals surface area contributed by atoms with Crippen LogP contribution in [-0.2, 0) is 0 Å². The summed E-state index contributed by atoms with van der Waals surface area (Å²) in [6, 6.07) is 16.9. The van der Waals surface area contributed by atoms with Gasteiger partial charge in [-0.15, -0.1) is 0 Å². The molecule has 5 heteroatoms. The van der Waals surface area contributed by atoms with Gasteiger partial charge < -0.3 is 15.8 Å². The number of nitrogens with one attached hydrogen (secondary N) is 1. The first kappa shape index (κ1) is 15.6. The van der Waals surface area contributed by atoms with Gasteiger partial charge in [0.25, 0.3) is 0 Å². The van der Waals surface area contributed by atoms with Gasteiger partial charge in [0.05, 0.1) is 19.0 Å². The summed E-state index contributed by atoms with van der Waals surface area (Å²) in [5.74, 6) is 1.13. The van der Waals surface area contributed by atoms with Crippen molar-refractivity contribution in [3.8, 4) is 16.9 Å². The Hall–Kier alpha value is -3.34. The van der Waals surface area contributed by atoms with Gasteiger partial charge >= 0.3 is 0 Å². The van der Waals surface area contributed by atoms with E-state index in [1.807, 2.05) is 42.5 Å². The summed E-state index contributed by atoms with van der Waals surface area (Å²) < 4.78 is 5.11. The number of hydrogen-bond donors (Lipinski definition) is 2. The third-order valence-corrected chi connectivity index (χ3v) is 3.69. The molecule has 0 fully saturated rings. The number of aromatic nitrogens is 1. The molecule has 0 aliphatic heterocycles. The smallest absolute Gasteiger partial charge is 0.153 e. The minimum Gasteiger partial charge on any atom is -0.495 e. The zero-order valence-corrected chi connectivity index (χ0v) is 13.2. The number of anilines is 3. The van der Waals surface area contributed by atoms with Crippen molar-refractivity contribution in [2.75, 3.05) is 18.2 Å². The molecular weight excluding hydrogens is 302 g/mol. The lowest BCUT2D eigenvalue weighted by molar-refractivity contribution is 0.112. The second-order valence-electron chi connectivity index (χ2n) is 5.19. The predicted octanol–water partition coefficient (Wildman–Crippen LogP) is 3.90. The van der Waals surface area contributed by atoms with E-state index >= 15 is 0 Å². The SMILES string of the molecule is COc1cnc(Nc2ccccc2-c2ccccc2C=O)c(N)c1. The van der Waals surface area contributed by atoms with Crippen LogP contribution in [0.4, 0.5) is 17.2 Å². The third kappa shape index (κ3) is 3.05. The largest absolute Gasteiger partial charge is 0.495 e. The molecule has 3 aromatic rings. The number of para-hydroxylation sites is 1. The van der Waals surface area contributed by atoms with Crippen molar-refractivity contribution in [3.63, 3.8) is 0 Å². The van der Waals surface area contributed by atoms with Crippen LogP contribution in [0.2, 0.25) is 0 Å². The normalized spacial score (nSPS) is 10.2. The maximum absolute atomic E-state index is 11.3. The number of ether oxygens (including phenoxy) is 1. The van der Waals surface area contributed by atoms with Crippen molar-refractivity contribution in [3.05, 3.63) is 66.4 Å². The Morgan fingerprint density at radius 1 is 1.08 bits per heavy atom. The van der Waals surface area contributed by atoms with E-state index in [-0.39, 0.29) is 0 Å². The Labute approximate surface area is 140 Å². The van der Waals surface area contributed by atoms with Crippen LogP contribution in [0, 0.1) is 0 Å². The highest BCUT2D eigenvalue weighted by molar-refractivity contribution is 5.92. The fourth-order valence-electron chi connectivity index (χ4n) is 2.48. The summed E-state index contributed by atoms with van der Waals surface area (Å²) in [7, 11) is 1.56. The van der Waals surface area contributed by atoms with E-state index in [4.69, 9.17) is 10.5 Å². The topological polar surface area (TPSA) is 77.2 Å². The van der Waals surface area contributed by atoms with Crippen molar-refractivity contribution < 1.29 is 9.53 Å². The van der Waals surface area contributed by atoms with E-state index in [1.165, 1.54) is 0 Å². The van der Waals surface area contributed by atoms with Crippen molar-refractivity contribution in [2.24, 2.45) is 0 Å². The lowest BCUT2D eigenvalue weighted by Crippen LogP contribution is -2.01. The number of hydrogen-bond acceptors (Lipinski definition) is 5. The Morgan fingerprint density at radius 3 is 2.50 bits per heavy atom. The maximum atomic E-state index is 11.3. The lowest BCUT2D eigenvalue weighted by Gasteiger charge is -2.14. The average Bonchev–Trinajstić information content (AvgIpc) is 2.63. The molecular formula is C19H17N3O2. The molecule has 0 aliphatic rings. The zero-order valence-electron chi connectivity index (χ0n) is 13.2. The summed E-state index contributed by atoms with van der Waals surface area (Å²) in [5, 5.41) is 3.23. The third-order valence-electron chi connectivity index (χ3n) is 3.69. The molecule has 0 saturated carbocycles. The standard InChI is InChI=1S/C19H17N3O2/c1-24-14-10-17(20)19(21-11-14)22-18-9-5-4-8-16(18)15-7-3-2-6-13(15)12-23/h2-12H,20H2,1H3,(H,21,22). The number of carbonyl (C=O) groups is 1. The van der Waals surface area contributed by atoms with Crippen LogP contribution in [0.1, 0.15) is 10.4 Å². The highest BCUT2D eigenvalue weighted by Gasteiger charge is 2.11. The quantitative estimate of drug-likeness (QED) is 0.698. The molecule has 0 spiro atoms. The molecule has 0 aliphatic carbocycles. The molecule has 2 aromatic carbocycles. The Kier molecular flexibility index (Phi) is 4.43. The van der Waals surface area contributed by atoms with Crippen LogP contribution >= 0.6 is 0 Å². The van der Waals surface area contributed by atoms with Gasteiger partial charge in [-0.1, -0.05) is 42.5 Å². The summed E-state index contributed by atoms with van der Waals surface area (Å²) in [6.45, 7) is 0. The summed E-state index contributed by atoms with van der Waals surface area (Å²) >= 11 is 0. The van der Waals surface area contributed by atoms with Crippen LogP contribution < -0.4 is 15.8 Å². The highest BCUT2D eigenvalue weighted by atomic mass is 16.5. The first-order valence-electron chi connectivity index (χ1n) is 7.43. The van der Waals surface area contributed by atoms with Gasteiger partial charge in [0.2, 0.25) is 0 Å². The minimum atomic E-state index is 0.479. The van der Waals surface area contributed by atoms with Gasteiger partial charge in [-0.05, 0) is 11.6 Å². The van der Waals surface area contributed by atoms with Gasteiger partial charge in [-0.25, -0.2) is 4.98 Å². The van der Waals surface area contributed by atoms with Crippen molar-refractivity contribution in [1.82, 2.24) is 4.98 Å². The first-order chi connectivity index (χ1) is 11.7. The fraction of sp³-hybridized carbons (Fsp3) is 0.0526. The molecule has 0 saturated heterocycles. The molecule has 0 amide bonds. The van der Waals surface area contributed by atoms with Gasteiger partial charge in [0.15, 0.2) is 12.1 Å². The summed E-state index contributed by atoms with van der Waals surface area (Å²) in [5.41, 5.74) is 9.70. The Bertz CT molecular complexity index is 878. The maximum Gasteiger partial charge on any atom is 0.153 e. The number of nitrogens with two attached hydrogens (primary N) is 1. The van der Waals surface area contributed by atoms with Gasteiger partial charge in [-0.2, -0.15) is 0 Å². The number of methoxy groups -OCH3 is 1. The van der Waals surface area contributed by atoms with Gasteiger partial charge in [0, 0.05) is 22.9 Å². The fourth-order valence-corrected chi connectivity index (χ4v) is 2.48. The molecule has 0 unspecified atom stereocenters. The molecule has 120 valence electrons. The molecule has 0 bridgehead atoms. The Balaban J connectivity index is 2.03. The summed E-state index contributed by atoms with van der Waals surface area (Å²) in [4.78, 5) is 15.6. The number of carbonyl (C=O) groups excluding carboxylic acids is 1. The van der Waals surface area contributed by atoms with E-state index in [1.54, 1.807) is 25.4 Å². The number of rotatable bonds is 5. The monoisotopic (exact) mass is 319 g/mol. The lowest BCUT2D eigenvalue weighted by atomic mass is 9.99. The highest BCUT2D eigenvalue weighted by Crippen LogP contribution is 2.33. The molecule has 1 heterocycles. The molecule has 3 N–H and O–H groups in total. The van der Waals surface area contributed by atoms with Gasteiger partial charge in [0.1, 0.15) is 5.75 Å². The second kappa shape index (κ2) is 6.83. The molecule has 5 nitrogen and oxygen atoms in total. The number of nitrogen functional groups attached to an aromatic ring is 1. The first-order valence-corrected chi connectivity index (χ1v) is 7.43. The molecule has 0 radical (unpaired) electrons. The van der Waals surface area contributed by atoms with Gasteiger partial charge in [-0.3, -0.25) is 4.79 Å². The van der Waals surface area contributed by atoms with Crippen LogP contribution in [0.25, 0.3) is 11.1 Å². The van der Waals surface area contributed by atoms with Crippen LogP contribution in [0.5, 0.6) is 5.75 Å².